The summed E-state index contributed by atoms with van der Waals surface area (Å²) in [6, 6.07) is 7.20. The number of rotatable bonds is 5. The third-order valence-electron chi connectivity index (χ3n) is 4.14. The number of nitrogens with one attached hydrogen (secondary N) is 2. The molecule has 2 rings (SSSR count). The minimum absolute atomic E-state index is 0. The van der Waals surface area contributed by atoms with Crippen LogP contribution in [-0.4, -0.2) is 50.4 Å². The van der Waals surface area contributed by atoms with Crippen LogP contribution in [0.15, 0.2) is 30.3 Å². The summed E-state index contributed by atoms with van der Waals surface area (Å²) >= 11 is 0. The van der Waals surface area contributed by atoms with E-state index in [9.17, 15) is 9.59 Å². The quantitative estimate of drug-likeness (QED) is 0.797. The molecule has 5 nitrogen and oxygen atoms in total. The fourth-order valence-electron chi connectivity index (χ4n) is 2.88. The van der Waals surface area contributed by atoms with Gasteiger partial charge in [-0.1, -0.05) is 12.1 Å². The molecule has 6 heteroatoms. The lowest BCUT2D eigenvalue weighted by atomic mass is 9.98. The zero-order valence-corrected chi connectivity index (χ0v) is 15.1. The fraction of sp³-hybridized carbons (Fsp3) is 0.444. The average molecular weight is 352 g/mol. The minimum atomic E-state index is -0.111. The van der Waals surface area contributed by atoms with E-state index >= 15 is 0 Å². The number of hydrogen-bond donors (Lipinski definition) is 2. The minimum Gasteiger partial charge on any atom is -0.355 e. The highest BCUT2D eigenvalue weighted by molar-refractivity contribution is 5.94. The molecule has 1 aliphatic heterocycles. The maximum Gasteiger partial charge on any atom is 0.251 e. The molecule has 0 bridgehead atoms. The van der Waals surface area contributed by atoms with Gasteiger partial charge in [-0.15, -0.1) is 12.4 Å². The van der Waals surface area contributed by atoms with Crippen LogP contribution >= 0.6 is 12.4 Å². The second kappa shape index (κ2) is 10.1. The van der Waals surface area contributed by atoms with Gasteiger partial charge < -0.3 is 15.5 Å². The van der Waals surface area contributed by atoms with Gasteiger partial charge >= 0.3 is 0 Å². The molecule has 1 unspecified atom stereocenters. The summed E-state index contributed by atoms with van der Waals surface area (Å²) in [4.78, 5) is 25.7. The normalized spacial score (nSPS) is 17.4. The Morgan fingerprint density at radius 1 is 1.25 bits per heavy atom. The van der Waals surface area contributed by atoms with E-state index in [1.807, 2.05) is 24.1 Å². The fourth-order valence-corrected chi connectivity index (χ4v) is 2.88. The van der Waals surface area contributed by atoms with Gasteiger partial charge in [-0.25, -0.2) is 0 Å². The standard InChI is InChI=1S/C18H25N3O2.ClH/c1-19-12-15-4-3-11-21(13-15)17(22)10-7-14-5-8-16(9-6-14)18(23)20-2;/h5-10,15,19H,3-4,11-13H2,1-2H3,(H,20,23);1H. The summed E-state index contributed by atoms with van der Waals surface area (Å²) in [7, 11) is 3.55. The number of piperidine rings is 1. The molecule has 0 aromatic heterocycles. The SMILES string of the molecule is CNCC1CCCN(C(=O)C=Cc2ccc(C(=O)NC)cc2)C1.Cl. The largest absolute Gasteiger partial charge is 0.355 e. The van der Waals surface area contributed by atoms with Gasteiger partial charge in [0.15, 0.2) is 0 Å². The summed E-state index contributed by atoms with van der Waals surface area (Å²) < 4.78 is 0. The number of benzene rings is 1. The molecule has 1 saturated heterocycles. The molecule has 1 aliphatic rings. The van der Waals surface area contributed by atoms with Crippen molar-refractivity contribution in [3.8, 4) is 0 Å². The Labute approximate surface area is 149 Å². The zero-order valence-electron chi connectivity index (χ0n) is 14.2. The van der Waals surface area contributed by atoms with E-state index in [1.54, 1.807) is 31.3 Å². The second-order valence-electron chi connectivity index (χ2n) is 5.88. The van der Waals surface area contributed by atoms with E-state index in [2.05, 4.69) is 10.6 Å². The molecule has 1 heterocycles. The van der Waals surface area contributed by atoms with Crippen LogP contribution in [0.4, 0.5) is 0 Å². The molecular formula is C18H26ClN3O2. The van der Waals surface area contributed by atoms with Gasteiger partial charge in [0.05, 0.1) is 0 Å². The Hall–Kier alpha value is -1.85. The van der Waals surface area contributed by atoms with Crippen LogP contribution in [0.5, 0.6) is 0 Å². The van der Waals surface area contributed by atoms with Crippen molar-refractivity contribution in [3.05, 3.63) is 41.5 Å². The second-order valence-corrected chi connectivity index (χ2v) is 5.88. The Morgan fingerprint density at radius 3 is 2.58 bits per heavy atom. The molecule has 1 aromatic rings. The first kappa shape index (κ1) is 20.2. The van der Waals surface area contributed by atoms with Crippen LogP contribution in [0.25, 0.3) is 6.08 Å². The summed E-state index contributed by atoms with van der Waals surface area (Å²) in [5.41, 5.74) is 1.52. The van der Waals surface area contributed by atoms with Gasteiger partial charge in [-0.3, -0.25) is 9.59 Å². The van der Waals surface area contributed by atoms with E-state index in [-0.39, 0.29) is 24.2 Å². The van der Waals surface area contributed by atoms with Crippen LogP contribution in [-0.2, 0) is 4.79 Å². The van der Waals surface area contributed by atoms with Gasteiger partial charge in [-0.2, -0.15) is 0 Å². The third kappa shape index (κ3) is 5.65. The number of likely N-dealkylation sites (tertiary alicyclic amines) is 1. The lowest BCUT2D eigenvalue weighted by Crippen LogP contribution is -2.41. The van der Waals surface area contributed by atoms with E-state index in [0.717, 1.165) is 31.6 Å². The molecule has 132 valence electrons. The number of nitrogens with zero attached hydrogens (tertiary/aromatic N) is 1. The van der Waals surface area contributed by atoms with Crippen molar-refractivity contribution >= 4 is 30.3 Å². The molecular weight excluding hydrogens is 326 g/mol. The van der Waals surface area contributed by atoms with Gasteiger partial charge in [0, 0.05) is 31.8 Å². The van der Waals surface area contributed by atoms with Crippen LogP contribution < -0.4 is 10.6 Å². The maximum absolute atomic E-state index is 12.3. The van der Waals surface area contributed by atoms with Gasteiger partial charge in [0.25, 0.3) is 5.91 Å². The molecule has 0 saturated carbocycles. The molecule has 2 N–H and O–H groups in total. The van der Waals surface area contributed by atoms with Crippen LogP contribution in [0.1, 0.15) is 28.8 Å². The zero-order chi connectivity index (χ0) is 16.7. The van der Waals surface area contributed by atoms with E-state index < -0.39 is 0 Å². The van der Waals surface area contributed by atoms with Crippen molar-refractivity contribution in [1.82, 2.24) is 15.5 Å². The summed E-state index contributed by atoms with van der Waals surface area (Å²) in [6.07, 6.45) is 5.66. The monoisotopic (exact) mass is 351 g/mol. The lowest BCUT2D eigenvalue weighted by molar-refractivity contribution is -0.127. The van der Waals surface area contributed by atoms with Gasteiger partial charge in [0.2, 0.25) is 5.91 Å². The predicted octanol–water partition coefficient (Wildman–Crippen LogP) is 1.94. The van der Waals surface area contributed by atoms with E-state index in [1.165, 1.54) is 6.42 Å². The Kier molecular flexibility index (Phi) is 8.50. The van der Waals surface area contributed by atoms with Crippen molar-refractivity contribution in [2.45, 2.75) is 12.8 Å². The van der Waals surface area contributed by atoms with Gasteiger partial charge in [0.1, 0.15) is 0 Å². The highest BCUT2D eigenvalue weighted by Gasteiger charge is 2.21. The lowest BCUT2D eigenvalue weighted by Gasteiger charge is -2.32. The van der Waals surface area contributed by atoms with Crippen molar-refractivity contribution in [2.75, 3.05) is 33.7 Å². The highest BCUT2D eigenvalue weighted by Crippen LogP contribution is 2.16. The number of halogens is 1. The number of carbonyl (C=O) groups excluding carboxylic acids is 2. The molecule has 0 aliphatic carbocycles. The predicted molar refractivity (Wildman–Crippen MR) is 99.3 cm³/mol. The summed E-state index contributed by atoms with van der Waals surface area (Å²) in [5.74, 6) is 0.486. The first-order valence-corrected chi connectivity index (χ1v) is 8.07. The Balaban J connectivity index is 0.00000288. The van der Waals surface area contributed by atoms with E-state index in [4.69, 9.17) is 0 Å². The highest BCUT2D eigenvalue weighted by atomic mass is 35.5. The Morgan fingerprint density at radius 2 is 1.96 bits per heavy atom. The Bertz CT molecular complexity index is 570. The molecule has 1 fully saturated rings. The molecule has 24 heavy (non-hydrogen) atoms. The van der Waals surface area contributed by atoms with Crippen molar-refractivity contribution in [3.63, 3.8) is 0 Å². The van der Waals surface area contributed by atoms with Crippen LogP contribution in [0.2, 0.25) is 0 Å². The molecule has 2 amide bonds. The van der Waals surface area contributed by atoms with Crippen molar-refractivity contribution in [1.29, 1.82) is 0 Å². The van der Waals surface area contributed by atoms with E-state index in [0.29, 0.717) is 11.5 Å². The number of carbonyl (C=O) groups is 2. The number of hydrogen-bond acceptors (Lipinski definition) is 3. The molecule has 0 spiro atoms. The first-order valence-electron chi connectivity index (χ1n) is 8.07. The van der Waals surface area contributed by atoms with Crippen LogP contribution in [0, 0.1) is 5.92 Å². The van der Waals surface area contributed by atoms with Crippen LogP contribution in [0.3, 0.4) is 0 Å². The first-order chi connectivity index (χ1) is 11.1. The van der Waals surface area contributed by atoms with Crippen molar-refractivity contribution < 1.29 is 9.59 Å². The average Bonchev–Trinajstić information content (AvgIpc) is 2.60. The van der Waals surface area contributed by atoms with Crippen molar-refractivity contribution in [2.24, 2.45) is 5.92 Å². The molecule has 0 radical (unpaired) electrons. The molecule has 1 aromatic carbocycles. The van der Waals surface area contributed by atoms with Gasteiger partial charge in [-0.05, 0) is 56.1 Å². The maximum atomic E-state index is 12.3. The summed E-state index contributed by atoms with van der Waals surface area (Å²) in [5, 5.41) is 5.77. The molecule has 1 atom stereocenters. The third-order valence-corrected chi connectivity index (χ3v) is 4.14. The summed E-state index contributed by atoms with van der Waals surface area (Å²) in [6.45, 7) is 2.60. The smallest absolute Gasteiger partial charge is 0.251 e. The number of amides is 2. The topological polar surface area (TPSA) is 61.4 Å².